The summed E-state index contributed by atoms with van der Waals surface area (Å²) in [5.74, 6) is 1.30. The molecule has 0 bridgehead atoms. The Bertz CT molecular complexity index is 973. The van der Waals surface area contributed by atoms with Crippen LogP contribution in [0.25, 0.3) is 0 Å². The minimum atomic E-state index is -0.0526. The molecular weight excluding hydrogens is 364 g/mol. The van der Waals surface area contributed by atoms with Gasteiger partial charge in [-0.05, 0) is 47.9 Å². The highest BCUT2D eigenvalue weighted by Crippen LogP contribution is 2.21. The number of rotatable bonds is 5. The van der Waals surface area contributed by atoms with Gasteiger partial charge >= 0.3 is 0 Å². The Morgan fingerprint density at radius 3 is 2.52 bits per heavy atom. The minimum Gasteiger partial charge on any atom is -0.508 e. The van der Waals surface area contributed by atoms with E-state index in [1.807, 2.05) is 30.0 Å². The maximum Gasteiger partial charge on any atom is 0.289 e. The monoisotopic (exact) mass is 390 g/mol. The number of nitrogens with zero attached hydrogens (tertiary/aromatic N) is 2. The molecule has 0 radical (unpaired) electrons. The van der Waals surface area contributed by atoms with Gasteiger partial charge in [-0.1, -0.05) is 36.4 Å². The van der Waals surface area contributed by atoms with Gasteiger partial charge in [0.25, 0.3) is 5.91 Å². The first-order valence-electron chi connectivity index (χ1n) is 10.0. The summed E-state index contributed by atoms with van der Waals surface area (Å²) in [6, 6.07) is 19.3. The molecule has 1 amide bonds. The lowest BCUT2D eigenvalue weighted by Gasteiger charge is -2.34. The molecule has 1 fully saturated rings. The standard InChI is InChI=1S/C24H26N2O3/c1-18-7-8-21(27)15-20(18)16-22-9-10-23(29-22)24(28)26-13-11-25(12-14-26)17-19-5-3-2-4-6-19/h2-10,15,27H,11-14,16-17H2,1H3. The van der Waals surface area contributed by atoms with Crippen LogP contribution in [0.1, 0.15) is 33.0 Å². The third-order valence-electron chi connectivity index (χ3n) is 5.48. The van der Waals surface area contributed by atoms with E-state index in [1.54, 1.807) is 18.2 Å². The molecule has 150 valence electrons. The van der Waals surface area contributed by atoms with Crippen molar-refractivity contribution in [2.24, 2.45) is 0 Å². The Morgan fingerprint density at radius 2 is 1.76 bits per heavy atom. The number of hydrogen-bond acceptors (Lipinski definition) is 4. The maximum absolute atomic E-state index is 12.8. The SMILES string of the molecule is Cc1ccc(O)cc1Cc1ccc(C(=O)N2CCN(Cc3ccccc3)CC2)o1. The van der Waals surface area contributed by atoms with E-state index in [2.05, 4.69) is 29.2 Å². The van der Waals surface area contributed by atoms with E-state index in [0.29, 0.717) is 25.3 Å². The minimum absolute atomic E-state index is 0.0526. The van der Waals surface area contributed by atoms with Gasteiger partial charge in [-0.25, -0.2) is 0 Å². The zero-order valence-corrected chi connectivity index (χ0v) is 16.7. The fourth-order valence-corrected chi connectivity index (χ4v) is 3.73. The van der Waals surface area contributed by atoms with Crippen molar-refractivity contribution in [3.63, 3.8) is 0 Å². The predicted octanol–water partition coefficient (Wildman–Crippen LogP) is 3.84. The number of furan rings is 1. The molecule has 1 N–H and O–H groups in total. The molecule has 5 nitrogen and oxygen atoms in total. The van der Waals surface area contributed by atoms with Crippen molar-refractivity contribution >= 4 is 5.91 Å². The van der Waals surface area contributed by atoms with E-state index in [0.717, 1.165) is 36.5 Å². The summed E-state index contributed by atoms with van der Waals surface area (Å²) in [4.78, 5) is 17.1. The fraction of sp³-hybridized carbons (Fsp3) is 0.292. The van der Waals surface area contributed by atoms with Crippen LogP contribution in [0, 0.1) is 6.92 Å². The third kappa shape index (κ3) is 4.69. The van der Waals surface area contributed by atoms with Crippen molar-refractivity contribution < 1.29 is 14.3 Å². The zero-order valence-electron chi connectivity index (χ0n) is 16.7. The number of hydrogen-bond donors (Lipinski definition) is 1. The molecule has 2 aromatic carbocycles. The summed E-state index contributed by atoms with van der Waals surface area (Å²) in [5.41, 5.74) is 3.37. The van der Waals surface area contributed by atoms with Crippen molar-refractivity contribution in [1.82, 2.24) is 9.80 Å². The molecule has 3 aromatic rings. The van der Waals surface area contributed by atoms with Crippen LogP contribution < -0.4 is 0 Å². The largest absolute Gasteiger partial charge is 0.508 e. The van der Waals surface area contributed by atoms with E-state index in [-0.39, 0.29) is 11.7 Å². The van der Waals surface area contributed by atoms with E-state index < -0.39 is 0 Å². The summed E-state index contributed by atoms with van der Waals surface area (Å²) < 4.78 is 5.83. The van der Waals surface area contributed by atoms with E-state index in [9.17, 15) is 9.90 Å². The number of aromatic hydroxyl groups is 1. The van der Waals surface area contributed by atoms with E-state index in [4.69, 9.17) is 4.42 Å². The normalized spacial score (nSPS) is 14.9. The lowest BCUT2D eigenvalue weighted by molar-refractivity contribution is 0.0596. The summed E-state index contributed by atoms with van der Waals surface area (Å²) >= 11 is 0. The second kappa shape index (κ2) is 8.53. The van der Waals surface area contributed by atoms with Crippen LogP contribution in [0.4, 0.5) is 0 Å². The number of piperazine rings is 1. The molecule has 29 heavy (non-hydrogen) atoms. The molecule has 2 heterocycles. The third-order valence-corrected chi connectivity index (χ3v) is 5.48. The maximum atomic E-state index is 12.8. The van der Waals surface area contributed by atoms with Crippen molar-refractivity contribution in [3.8, 4) is 5.75 Å². The summed E-state index contributed by atoms with van der Waals surface area (Å²) in [7, 11) is 0. The van der Waals surface area contributed by atoms with Gasteiger partial charge in [-0.3, -0.25) is 9.69 Å². The average Bonchev–Trinajstić information content (AvgIpc) is 3.20. The van der Waals surface area contributed by atoms with Gasteiger partial charge < -0.3 is 14.4 Å². The molecule has 0 unspecified atom stereocenters. The first kappa shape index (κ1) is 19.3. The Morgan fingerprint density at radius 1 is 1.00 bits per heavy atom. The molecule has 1 saturated heterocycles. The van der Waals surface area contributed by atoms with Crippen LogP contribution in [0.5, 0.6) is 5.75 Å². The van der Waals surface area contributed by atoms with Crippen LogP contribution >= 0.6 is 0 Å². The van der Waals surface area contributed by atoms with E-state index >= 15 is 0 Å². The molecular formula is C24H26N2O3. The fourth-order valence-electron chi connectivity index (χ4n) is 3.73. The van der Waals surface area contributed by atoms with Gasteiger partial charge in [0.2, 0.25) is 0 Å². The number of aryl methyl sites for hydroxylation is 1. The molecule has 5 heteroatoms. The summed E-state index contributed by atoms with van der Waals surface area (Å²) in [5, 5.41) is 9.70. The molecule has 4 rings (SSSR count). The highest BCUT2D eigenvalue weighted by atomic mass is 16.4. The average molecular weight is 390 g/mol. The van der Waals surface area contributed by atoms with Gasteiger partial charge in [-0.2, -0.15) is 0 Å². The molecule has 0 saturated carbocycles. The number of benzene rings is 2. The number of amides is 1. The van der Waals surface area contributed by atoms with Gasteiger partial charge in [-0.15, -0.1) is 0 Å². The number of carbonyl (C=O) groups is 1. The number of phenols is 1. The summed E-state index contributed by atoms with van der Waals surface area (Å²) in [6.45, 7) is 6.03. The van der Waals surface area contributed by atoms with Crippen LogP contribution in [0.15, 0.2) is 65.1 Å². The molecule has 0 aliphatic carbocycles. The number of phenolic OH excluding ortho intramolecular Hbond substituents is 1. The Kier molecular flexibility index (Phi) is 5.67. The van der Waals surface area contributed by atoms with Crippen molar-refractivity contribution in [1.29, 1.82) is 0 Å². The van der Waals surface area contributed by atoms with E-state index in [1.165, 1.54) is 5.56 Å². The van der Waals surface area contributed by atoms with Crippen LogP contribution in [-0.4, -0.2) is 47.0 Å². The van der Waals surface area contributed by atoms with Crippen LogP contribution in [0.2, 0.25) is 0 Å². The Hall–Kier alpha value is -3.05. The summed E-state index contributed by atoms with van der Waals surface area (Å²) in [6.07, 6.45) is 0.554. The van der Waals surface area contributed by atoms with Crippen molar-refractivity contribution in [3.05, 3.63) is 88.9 Å². The first-order chi connectivity index (χ1) is 14.1. The van der Waals surface area contributed by atoms with Gasteiger partial charge in [0.1, 0.15) is 11.5 Å². The first-order valence-corrected chi connectivity index (χ1v) is 10.0. The second-order valence-electron chi connectivity index (χ2n) is 7.61. The van der Waals surface area contributed by atoms with Gasteiger partial charge in [0.15, 0.2) is 5.76 Å². The highest BCUT2D eigenvalue weighted by Gasteiger charge is 2.24. The second-order valence-corrected chi connectivity index (χ2v) is 7.61. The smallest absolute Gasteiger partial charge is 0.289 e. The van der Waals surface area contributed by atoms with Crippen molar-refractivity contribution in [2.45, 2.75) is 19.9 Å². The van der Waals surface area contributed by atoms with Gasteiger partial charge in [0, 0.05) is 39.1 Å². The van der Waals surface area contributed by atoms with Crippen LogP contribution in [-0.2, 0) is 13.0 Å². The highest BCUT2D eigenvalue weighted by molar-refractivity contribution is 5.91. The lowest BCUT2D eigenvalue weighted by Crippen LogP contribution is -2.48. The van der Waals surface area contributed by atoms with Crippen molar-refractivity contribution in [2.75, 3.05) is 26.2 Å². The molecule has 0 spiro atoms. The zero-order chi connectivity index (χ0) is 20.2. The molecule has 1 aromatic heterocycles. The van der Waals surface area contributed by atoms with Crippen LogP contribution in [0.3, 0.4) is 0 Å². The molecule has 0 atom stereocenters. The Balaban J connectivity index is 1.34. The molecule has 1 aliphatic rings. The molecule has 1 aliphatic heterocycles. The van der Waals surface area contributed by atoms with Gasteiger partial charge in [0.05, 0.1) is 0 Å². The lowest BCUT2D eigenvalue weighted by atomic mass is 10.0. The number of carbonyl (C=O) groups excluding carboxylic acids is 1. The predicted molar refractivity (Wildman–Crippen MR) is 112 cm³/mol. The Labute approximate surface area is 171 Å². The quantitative estimate of drug-likeness (QED) is 0.719. The topological polar surface area (TPSA) is 56.9 Å².